The lowest BCUT2D eigenvalue weighted by atomic mass is 10.0. The molecule has 0 amide bonds. The summed E-state index contributed by atoms with van der Waals surface area (Å²) in [5.74, 6) is 3.82. The minimum atomic E-state index is -0.568. The van der Waals surface area contributed by atoms with E-state index in [0.29, 0.717) is 11.9 Å². The van der Waals surface area contributed by atoms with Gasteiger partial charge in [0.15, 0.2) is 0 Å². The lowest BCUT2D eigenvalue weighted by molar-refractivity contribution is -0.385. The van der Waals surface area contributed by atoms with Crippen LogP contribution < -0.4 is 5.32 Å². The highest BCUT2D eigenvalue weighted by Crippen LogP contribution is 2.66. The predicted octanol–water partition coefficient (Wildman–Crippen LogP) is 2.32. The van der Waals surface area contributed by atoms with E-state index in [-0.39, 0.29) is 11.4 Å². The quantitative estimate of drug-likeness (QED) is 0.672. The summed E-state index contributed by atoms with van der Waals surface area (Å²) in [7, 11) is 0. The number of pyridine rings is 1. The summed E-state index contributed by atoms with van der Waals surface area (Å²) < 4.78 is 0. The first kappa shape index (κ1) is 11.6. The largest absolute Gasteiger partial charge is 0.367 e. The first-order valence-corrected chi connectivity index (χ1v) is 7.01. The van der Waals surface area contributed by atoms with Crippen molar-refractivity contribution >= 4 is 11.5 Å². The van der Waals surface area contributed by atoms with Gasteiger partial charge in [-0.3, -0.25) is 10.1 Å². The van der Waals surface area contributed by atoms with Gasteiger partial charge in [0.2, 0.25) is 5.69 Å². The molecule has 6 nitrogen and oxygen atoms in total. The minimum Gasteiger partial charge on any atom is -0.367 e. The molecule has 3 aliphatic carbocycles. The van der Waals surface area contributed by atoms with Crippen LogP contribution in [0.5, 0.6) is 0 Å². The van der Waals surface area contributed by atoms with Gasteiger partial charge in [0.05, 0.1) is 4.92 Å². The summed E-state index contributed by atoms with van der Waals surface area (Å²) in [5, 5.41) is 23.1. The van der Waals surface area contributed by atoms with Gasteiger partial charge in [-0.25, -0.2) is 4.98 Å². The van der Waals surface area contributed by atoms with Crippen molar-refractivity contribution in [3.05, 3.63) is 27.9 Å². The normalized spacial score (nSPS) is 36.2. The number of nitrogens with one attached hydrogen (secondary N) is 1. The second kappa shape index (κ2) is 3.92. The second-order valence-corrected chi connectivity index (χ2v) is 6.09. The van der Waals surface area contributed by atoms with Crippen LogP contribution >= 0.6 is 0 Å². The van der Waals surface area contributed by atoms with Crippen LogP contribution in [0, 0.1) is 45.1 Å². The summed E-state index contributed by atoms with van der Waals surface area (Å²) in [6, 6.07) is 5.23. The highest BCUT2D eigenvalue weighted by molar-refractivity contribution is 5.51. The third-order valence-corrected chi connectivity index (χ3v) is 5.23. The number of fused-ring (bicyclic) bond motifs is 5. The fourth-order valence-corrected chi connectivity index (χ4v) is 4.45. The van der Waals surface area contributed by atoms with Gasteiger partial charge in [0.1, 0.15) is 11.9 Å². The summed E-state index contributed by atoms with van der Waals surface area (Å²) in [6.07, 6.45) is 4.08. The van der Waals surface area contributed by atoms with Gasteiger partial charge in [-0.1, -0.05) is 0 Å². The van der Waals surface area contributed by atoms with Crippen LogP contribution in [0.4, 0.5) is 11.5 Å². The summed E-state index contributed by atoms with van der Waals surface area (Å²) in [6.45, 7) is 0. The number of nitriles is 1. The smallest absolute Gasteiger partial charge is 0.305 e. The highest BCUT2D eigenvalue weighted by atomic mass is 16.6. The Kier molecular flexibility index (Phi) is 2.28. The van der Waals surface area contributed by atoms with Gasteiger partial charge in [-0.2, -0.15) is 5.26 Å². The standard InChI is InChI=1S/C14H14N4O2/c15-6-9-10(18(19)20)3-4-11(16-9)17-14-12-7-1-2-8(5-7)13(12)14/h3-4,7-8,12-14H,1-2,5H2,(H,16,17). The zero-order chi connectivity index (χ0) is 13.9. The van der Waals surface area contributed by atoms with E-state index in [1.165, 1.54) is 25.3 Å². The number of aromatic nitrogens is 1. The molecule has 6 heteroatoms. The summed E-state index contributed by atoms with van der Waals surface area (Å²) in [4.78, 5) is 14.3. The summed E-state index contributed by atoms with van der Waals surface area (Å²) in [5.41, 5.74) is -0.345. The van der Waals surface area contributed by atoms with Gasteiger partial charge in [-0.05, 0) is 49.0 Å². The Bertz CT molecular complexity index is 623. The number of hydrogen-bond acceptors (Lipinski definition) is 5. The molecular weight excluding hydrogens is 256 g/mol. The molecule has 3 aliphatic rings. The number of rotatable bonds is 3. The number of hydrogen-bond donors (Lipinski definition) is 1. The van der Waals surface area contributed by atoms with Gasteiger partial charge >= 0.3 is 5.69 Å². The summed E-state index contributed by atoms with van der Waals surface area (Å²) >= 11 is 0. The van der Waals surface area contributed by atoms with Crippen molar-refractivity contribution in [1.29, 1.82) is 5.26 Å². The molecule has 3 fully saturated rings. The maximum Gasteiger partial charge on any atom is 0.305 e. The number of nitrogens with zero attached hydrogens (tertiary/aromatic N) is 3. The van der Waals surface area contributed by atoms with Crippen molar-refractivity contribution in [3.63, 3.8) is 0 Å². The molecule has 0 spiro atoms. The number of anilines is 1. The van der Waals surface area contributed by atoms with E-state index in [9.17, 15) is 10.1 Å². The van der Waals surface area contributed by atoms with Gasteiger partial charge < -0.3 is 5.32 Å². The maximum absolute atomic E-state index is 10.8. The maximum atomic E-state index is 10.8. The van der Waals surface area contributed by atoms with Crippen LogP contribution in [0.1, 0.15) is 25.0 Å². The average Bonchev–Trinajstić information content (AvgIpc) is 2.84. The van der Waals surface area contributed by atoms with Crippen molar-refractivity contribution in [2.24, 2.45) is 23.7 Å². The lowest BCUT2D eigenvalue weighted by Gasteiger charge is -2.11. The minimum absolute atomic E-state index is 0.117. The van der Waals surface area contributed by atoms with Gasteiger partial charge in [-0.15, -0.1) is 0 Å². The molecule has 20 heavy (non-hydrogen) atoms. The Hall–Kier alpha value is -2.16. The van der Waals surface area contributed by atoms with Gasteiger partial charge in [0.25, 0.3) is 0 Å². The van der Waals surface area contributed by atoms with E-state index >= 15 is 0 Å². The van der Waals surface area contributed by atoms with Crippen molar-refractivity contribution < 1.29 is 4.92 Å². The number of nitro groups is 1. The van der Waals surface area contributed by atoms with E-state index in [1.54, 1.807) is 12.1 Å². The molecule has 0 aliphatic heterocycles. The van der Waals surface area contributed by atoms with E-state index in [0.717, 1.165) is 23.7 Å². The fourth-order valence-electron chi connectivity index (χ4n) is 4.45. The molecule has 4 unspecified atom stereocenters. The molecule has 0 saturated heterocycles. The molecular formula is C14H14N4O2. The fraction of sp³-hybridized carbons (Fsp3) is 0.571. The third kappa shape index (κ3) is 1.52. The molecule has 4 atom stereocenters. The molecule has 1 heterocycles. The van der Waals surface area contributed by atoms with E-state index in [1.807, 2.05) is 0 Å². The highest BCUT2D eigenvalue weighted by Gasteiger charge is 2.65. The SMILES string of the molecule is N#Cc1nc(NC2C3C4CCC(C4)C23)ccc1[N+](=O)[O-]. The van der Waals surface area contributed by atoms with Crippen LogP contribution in [-0.2, 0) is 0 Å². The molecule has 4 rings (SSSR count). The Labute approximate surface area is 116 Å². The monoisotopic (exact) mass is 270 g/mol. The van der Waals surface area contributed by atoms with Gasteiger partial charge in [0, 0.05) is 12.1 Å². The van der Waals surface area contributed by atoms with Crippen LogP contribution in [0.3, 0.4) is 0 Å². The predicted molar refractivity (Wildman–Crippen MR) is 70.8 cm³/mol. The van der Waals surface area contributed by atoms with E-state index in [2.05, 4.69) is 10.3 Å². The zero-order valence-corrected chi connectivity index (χ0v) is 10.8. The van der Waals surface area contributed by atoms with Crippen LogP contribution in [0.15, 0.2) is 12.1 Å². The molecule has 2 bridgehead atoms. The first-order chi connectivity index (χ1) is 9.69. The molecule has 1 N–H and O–H groups in total. The molecule has 0 aromatic carbocycles. The van der Waals surface area contributed by atoms with Crippen molar-refractivity contribution in [2.45, 2.75) is 25.3 Å². The van der Waals surface area contributed by atoms with Crippen LogP contribution in [0.2, 0.25) is 0 Å². The Morgan fingerprint density at radius 1 is 1.35 bits per heavy atom. The molecule has 1 aromatic heterocycles. The Balaban J connectivity index is 1.53. The molecule has 3 saturated carbocycles. The molecule has 0 radical (unpaired) electrons. The Morgan fingerprint density at radius 3 is 2.65 bits per heavy atom. The molecule has 102 valence electrons. The van der Waals surface area contributed by atoms with E-state index in [4.69, 9.17) is 5.26 Å². The topological polar surface area (TPSA) is 91.8 Å². The van der Waals surface area contributed by atoms with Crippen molar-refractivity contribution in [1.82, 2.24) is 4.98 Å². The second-order valence-electron chi connectivity index (χ2n) is 6.09. The molecule has 1 aromatic rings. The zero-order valence-electron chi connectivity index (χ0n) is 10.8. The third-order valence-electron chi connectivity index (χ3n) is 5.23. The van der Waals surface area contributed by atoms with Crippen LogP contribution in [0.25, 0.3) is 0 Å². The average molecular weight is 270 g/mol. The van der Waals surface area contributed by atoms with Crippen molar-refractivity contribution in [3.8, 4) is 6.07 Å². The Morgan fingerprint density at radius 2 is 2.05 bits per heavy atom. The lowest BCUT2D eigenvalue weighted by Crippen LogP contribution is -2.14. The van der Waals surface area contributed by atoms with Crippen molar-refractivity contribution in [2.75, 3.05) is 5.32 Å². The first-order valence-electron chi connectivity index (χ1n) is 7.01. The van der Waals surface area contributed by atoms with Crippen LogP contribution in [-0.4, -0.2) is 15.9 Å². The van der Waals surface area contributed by atoms with E-state index < -0.39 is 4.92 Å².